The van der Waals surface area contributed by atoms with Gasteiger partial charge in [-0.1, -0.05) is 13.8 Å². The van der Waals surface area contributed by atoms with E-state index in [1.807, 2.05) is 27.9 Å². The molecule has 0 aliphatic rings. The van der Waals surface area contributed by atoms with E-state index >= 15 is 0 Å². The van der Waals surface area contributed by atoms with Crippen LogP contribution in [0.1, 0.15) is 30.6 Å². The van der Waals surface area contributed by atoms with Crippen LogP contribution in [0.25, 0.3) is 0 Å². The molecule has 1 rings (SSSR count). The summed E-state index contributed by atoms with van der Waals surface area (Å²) < 4.78 is 10.8. The smallest absolute Gasteiger partial charge is 0.338 e. The van der Waals surface area contributed by atoms with Crippen molar-refractivity contribution in [2.45, 2.75) is 20.3 Å². The van der Waals surface area contributed by atoms with Gasteiger partial charge in [0.2, 0.25) is 0 Å². The summed E-state index contributed by atoms with van der Waals surface area (Å²) in [5.74, 6) is 0.564. The second-order valence-electron chi connectivity index (χ2n) is 5.75. The second kappa shape index (κ2) is 8.52. The number of carbonyl (C=O) groups is 1. The lowest BCUT2D eigenvalue weighted by molar-refractivity contribution is 0.0459. The fourth-order valence-corrected chi connectivity index (χ4v) is 1.70. The highest BCUT2D eigenvalue weighted by atomic mass is 16.5. The van der Waals surface area contributed by atoms with Gasteiger partial charge in [0.1, 0.15) is 5.75 Å². The van der Waals surface area contributed by atoms with E-state index in [1.165, 1.54) is 0 Å². The zero-order valence-corrected chi connectivity index (χ0v) is 13.4. The van der Waals surface area contributed by atoms with Crippen molar-refractivity contribution >= 4 is 11.7 Å². The molecule has 0 radical (unpaired) electrons. The Balaban J connectivity index is 2.53. The monoisotopic (exact) mass is 294 g/mol. The first-order valence-corrected chi connectivity index (χ1v) is 7.24. The largest absolute Gasteiger partial charge is 0.491 e. The van der Waals surface area contributed by atoms with Crippen molar-refractivity contribution in [3.63, 3.8) is 0 Å². The summed E-state index contributed by atoms with van der Waals surface area (Å²) in [6.07, 6.45) is 0.921. The van der Waals surface area contributed by atoms with Crippen LogP contribution in [0.2, 0.25) is 0 Å². The minimum atomic E-state index is -0.352. The average molecular weight is 294 g/mol. The van der Waals surface area contributed by atoms with Gasteiger partial charge < -0.3 is 20.1 Å². The average Bonchev–Trinajstić information content (AvgIpc) is 2.41. The normalized spacial score (nSPS) is 11.0. The molecule has 0 saturated heterocycles. The van der Waals surface area contributed by atoms with E-state index in [1.54, 1.807) is 18.2 Å². The molecule has 0 aromatic heterocycles. The Morgan fingerprint density at radius 1 is 1.33 bits per heavy atom. The molecule has 0 fully saturated rings. The van der Waals surface area contributed by atoms with Crippen molar-refractivity contribution < 1.29 is 14.3 Å². The molecule has 1 aromatic rings. The number of anilines is 1. The maximum atomic E-state index is 11.8. The van der Waals surface area contributed by atoms with Gasteiger partial charge >= 0.3 is 5.97 Å². The summed E-state index contributed by atoms with van der Waals surface area (Å²) in [6, 6.07) is 5.00. The topological polar surface area (TPSA) is 64.8 Å². The Kier molecular flexibility index (Phi) is 7.02. The molecule has 0 unspecified atom stereocenters. The molecule has 0 amide bonds. The molecular formula is C16H26N2O3. The molecule has 0 aliphatic carbocycles. The van der Waals surface area contributed by atoms with Crippen LogP contribution in [-0.4, -0.2) is 44.7 Å². The predicted octanol–water partition coefficient (Wildman–Crippen LogP) is 2.41. The number of esters is 1. The number of rotatable bonds is 8. The lowest BCUT2D eigenvalue weighted by Crippen LogP contribution is -2.16. The molecule has 0 aliphatic heterocycles. The molecule has 1 aromatic carbocycles. The van der Waals surface area contributed by atoms with Gasteiger partial charge in [-0.2, -0.15) is 0 Å². The Labute approximate surface area is 127 Å². The quantitative estimate of drug-likeness (QED) is 0.453. The van der Waals surface area contributed by atoms with Gasteiger partial charge in [-0.25, -0.2) is 4.79 Å². The number of nitrogen functional groups attached to an aromatic ring is 1. The summed E-state index contributed by atoms with van der Waals surface area (Å²) in [7, 11) is 4.04. The molecule has 2 N–H and O–H groups in total. The summed E-state index contributed by atoms with van der Waals surface area (Å²) in [5, 5.41) is 0. The zero-order chi connectivity index (χ0) is 15.8. The summed E-state index contributed by atoms with van der Waals surface area (Å²) in [5.41, 5.74) is 6.82. The Morgan fingerprint density at radius 3 is 2.62 bits per heavy atom. The van der Waals surface area contributed by atoms with Crippen LogP contribution in [0.15, 0.2) is 18.2 Å². The van der Waals surface area contributed by atoms with E-state index in [4.69, 9.17) is 15.2 Å². The molecule has 5 nitrogen and oxygen atoms in total. The Hall–Kier alpha value is -1.75. The van der Waals surface area contributed by atoms with Gasteiger partial charge in [-0.15, -0.1) is 0 Å². The summed E-state index contributed by atoms with van der Waals surface area (Å²) >= 11 is 0. The number of nitrogens with zero attached hydrogens (tertiary/aromatic N) is 1. The third-order valence-electron chi connectivity index (χ3n) is 2.80. The number of ether oxygens (including phenoxy) is 2. The van der Waals surface area contributed by atoms with E-state index in [0.29, 0.717) is 36.1 Å². The first-order chi connectivity index (χ1) is 9.90. The van der Waals surface area contributed by atoms with E-state index < -0.39 is 0 Å². The van der Waals surface area contributed by atoms with Crippen molar-refractivity contribution in [3.05, 3.63) is 23.8 Å². The first kappa shape index (κ1) is 17.3. The van der Waals surface area contributed by atoms with Crippen LogP contribution in [0.3, 0.4) is 0 Å². The van der Waals surface area contributed by atoms with Crippen molar-refractivity contribution in [2.24, 2.45) is 5.92 Å². The third-order valence-corrected chi connectivity index (χ3v) is 2.80. The maximum absolute atomic E-state index is 11.8. The minimum absolute atomic E-state index is 0.311. The zero-order valence-electron chi connectivity index (χ0n) is 13.4. The molecule has 0 bridgehead atoms. The van der Waals surface area contributed by atoms with Crippen LogP contribution in [0.4, 0.5) is 5.69 Å². The van der Waals surface area contributed by atoms with Crippen molar-refractivity contribution in [2.75, 3.05) is 39.6 Å². The lowest BCUT2D eigenvalue weighted by atomic mass is 10.2. The molecule has 0 atom stereocenters. The van der Waals surface area contributed by atoms with E-state index in [2.05, 4.69) is 4.90 Å². The van der Waals surface area contributed by atoms with Gasteiger partial charge in [-0.3, -0.25) is 0 Å². The molecule has 5 heteroatoms. The maximum Gasteiger partial charge on any atom is 0.338 e. The van der Waals surface area contributed by atoms with Crippen molar-refractivity contribution in [3.8, 4) is 5.75 Å². The van der Waals surface area contributed by atoms with Crippen LogP contribution >= 0.6 is 0 Å². The standard InChI is InChI=1S/C16H26N2O3/c1-12(2)11-21-16(19)13-6-7-15(14(17)10-13)20-9-5-8-18(3)4/h6-7,10,12H,5,8-9,11,17H2,1-4H3. The van der Waals surface area contributed by atoms with Crippen LogP contribution in [0, 0.1) is 5.92 Å². The van der Waals surface area contributed by atoms with Crippen LogP contribution in [-0.2, 0) is 4.74 Å². The molecule has 21 heavy (non-hydrogen) atoms. The number of benzene rings is 1. The van der Waals surface area contributed by atoms with Gasteiger partial charge in [-0.05, 0) is 44.6 Å². The number of carbonyl (C=O) groups excluding carboxylic acids is 1. The fraction of sp³-hybridized carbons (Fsp3) is 0.562. The minimum Gasteiger partial charge on any atom is -0.491 e. The van der Waals surface area contributed by atoms with Gasteiger partial charge in [0.25, 0.3) is 0 Å². The summed E-state index contributed by atoms with van der Waals surface area (Å²) in [6.45, 7) is 5.94. The molecule has 118 valence electrons. The third kappa shape index (κ3) is 6.49. The van der Waals surface area contributed by atoms with Crippen molar-refractivity contribution in [1.82, 2.24) is 4.90 Å². The first-order valence-electron chi connectivity index (χ1n) is 7.24. The van der Waals surface area contributed by atoms with Crippen LogP contribution < -0.4 is 10.5 Å². The van der Waals surface area contributed by atoms with Crippen molar-refractivity contribution in [1.29, 1.82) is 0 Å². The van der Waals surface area contributed by atoms with Gasteiger partial charge in [0.05, 0.1) is 24.5 Å². The van der Waals surface area contributed by atoms with E-state index in [0.717, 1.165) is 13.0 Å². The molecule has 0 saturated carbocycles. The van der Waals surface area contributed by atoms with E-state index in [-0.39, 0.29) is 5.97 Å². The Morgan fingerprint density at radius 2 is 2.05 bits per heavy atom. The lowest BCUT2D eigenvalue weighted by Gasteiger charge is -2.12. The molecule has 0 heterocycles. The predicted molar refractivity (Wildman–Crippen MR) is 84.6 cm³/mol. The second-order valence-corrected chi connectivity index (χ2v) is 5.75. The van der Waals surface area contributed by atoms with Gasteiger partial charge in [0, 0.05) is 6.54 Å². The fourth-order valence-electron chi connectivity index (χ4n) is 1.70. The number of hydrogen-bond acceptors (Lipinski definition) is 5. The summed E-state index contributed by atoms with van der Waals surface area (Å²) in [4.78, 5) is 13.9. The number of hydrogen-bond donors (Lipinski definition) is 1. The Bertz CT molecular complexity index is 459. The highest BCUT2D eigenvalue weighted by Crippen LogP contribution is 2.23. The molecular weight excluding hydrogens is 268 g/mol. The highest BCUT2D eigenvalue weighted by molar-refractivity contribution is 5.91. The molecule has 0 spiro atoms. The van der Waals surface area contributed by atoms with E-state index in [9.17, 15) is 4.79 Å². The SMILES string of the molecule is CC(C)COC(=O)c1ccc(OCCCN(C)C)c(N)c1. The van der Waals surface area contributed by atoms with Crippen LogP contribution in [0.5, 0.6) is 5.75 Å². The highest BCUT2D eigenvalue weighted by Gasteiger charge is 2.11. The van der Waals surface area contributed by atoms with Gasteiger partial charge in [0.15, 0.2) is 0 Å². The number of nitrogens with two attached hydrogens (primary N) is 1.